The number of carbonyl (C=O) groups excluding carboxylic acids is 1. The van der Waals surface area contributed by atoms with Gasteiger partial charge >= 0.3 is 0 Å². The van der Waals surface area contributed by atoms with Gasteiger partial charge in [-0.1, -0.05) is 0 Å². The van der Waals surface area contributed by atoms with Crippen LogP contribution in [-0.4, -0.2) is 58.3 Å². The van der Waals surface area contributed by atoms with E-state index in [0.29, 0.717) is 26.2 Å². The Bertz CT molecular complexity index is 1040. The summed E-state index contributed by atoms with van der Waals surface area (Å²) in [6.07, 6.45) is 2.53. The molecule has 1 amide bonds. The molecule has 1 aliphatic rings. The zero-order chi connectivity index (χ0) is 21.8. The number of rotatable bonds is 5. The Balaban J connectivity index is 1.33. The highest BCUT2D eigenvalue weighted by Gasteiger charge is 2.27. The number of amides is 1. The van der Waals surface area contributed by atoms with E-state index in [1.54, 1.807) is 24.2 Å². The van der Waals surface area contributed by atoms with Gasteiger partial charge in [-0.15, -0.1) is 10.2 Å². The summed E-state index contributed by atoms with van der Waals surface area (Å²) in [4.78, 5) is 20.4. The van der Waals surface area contributed by atoms with Crippen molar-refractivity contribution < 1.29 is 18.3 Å². The third-order valence-corrected chi connectivity index (χ3v) is 5.09. The molecule has 0 radical (unpaired) electrons. The van der Waals surface area contributed by atoms with Crippen molar-refractivity contribution in [3.63, 3.8) is 0 Å². The number of anilines is 1. The lowest BCUT2D eigenvalue weighted by molar-refractivity contribution is -0.138. The van der Waals surface area contributed by atoms with Crippen LogP contribution in [0.15, 0.2) is 54.9 Å². The minimum atomic E-state index is -0.883. The standard InChI is InChI=1S/C22H21F2N5O2/c1-15(31-20-4-2-17(23)14-18(20)24)22(30)29-12-10-28(11-13-29)21-5-3-19(26-27-21)16-6-8-25-9-7-16/h2-9,14-15H,10-13H2,1H3. The molecule has 2 aromatic heterocycles. The number of nitrogens with zero attached hydrogens (tertiary/aromatic N) is 5. The minimum Gasteiger partial charge on any atom is -0.478 e. The summed E-state index contributed by atoms with van der Waals surface area (Å²) < 4.78 is 32.2. The molecule has 9 heteroatoms. The van der Waals surface area contributed by atoms with Gasteiger partial charge in [-0.25, -0.2) is 8.78 Å². The van der Waals surface area contributed by atoms with Gasteiger partial charge < -0.3 is 14.5 Å². The van der Waals surface area contributed by atoms with E-state index in [1.807, 2.05) is 24.3 Å². The highest BCUT2D eigenvalue weighted by molar-refractivity contribution is 5.81. The zero-order valence-electron chi connectivity index (χ0n) is 16.9. The highest BCUT2D eigenvalue weighted by atomic mass is 19.1. The van der Waals surface area contributed by atoms with Gasteiger partial charge in [0.25, 0.3) is 5.91 Å². The van der Waals surface area contributed by atoms with Gasteiger partial charge in [-0.3, -0.25) is 9.78 Å². The Labute approximate surface area is 178 Å². The van der Waals surface area contributed by atoms with Gasteiger partial charge in [-0.05, 0) is 43.3 Å². The van der Waals surface area contributed by atoms with E-state index in [-0.39, 0.29) is 11.7 Å². The third-order valence-electron chi connectivity index (χ3n) is 5.09. The lowest BCUT2D eigenvalue weighted by atomic mass is 10.2. The number of pyridine rings is 1. The van der Waals surface area contributed by atoms with Crippen molar-refractivity contribution in [1.82, 2.24) is 20.1 Å². The molecule has 1 fully saturated rings. The van der Waals surface area contributed by atoms with Crippen LogP contribution in [0.5, 0.6) is 5.75 Å². The van der Waals surface area contributed by atoms with E-state index in [1.165, 1.54) is 6.07 Å². The van der Waals surface area contributed by atoms with Crippen LogP contribution >= 0.6 is 0 Å². The monoisotopic (exact) mass is 425 g/mol. The maximum absolute atomic E-state index is 13.8. The molecule has 1 aliphatic heterocycles. The lowest BCUT2D eigenvalue weighted by Gasteiger charge is -2.36. The van der Waals surface area contributed by atoms with Crippen LogP contribution in [0.4, 0.5) is 14.6 Å². The maximum atomic E-state index is 13.8. The number of hydrogen-bond acceptors (Lipinski definition) is 6. The molecule has 1 atom stereocenters. The summed E-state index contributed by atoms with van der Waals surface area (Å²) in [5, 5.41) is 8.60. The van der Waals surface area contributed by atoms with Gasteiger partial charge in [-0.2, -0.15) is 0 Å². The predicted molar refractivity (Wildman–Crippen MR) is 111 cm³/mol. The molecule has 0 N–H and O–H groups in total. The van der Waals surface area contributed by atoms with Crippen molar-refractivity contribution >= 4 is 11.7 Å². The second kappa shape index (κ2) is 9.03. The first-order valence-corrected chi connectivity index (χ1v) is 9.91. The molecule has 1 unspecified atom stereocenters. The number of carbonyl (C=O) groups is 1. The Kier molecular flexibility index (Phi) is 6.01. The topological polar surface area (TPSA) is 71.5 Å². The Morgan fingerprint density at radius 2 is 1.74 bits per heavy atom. The summed E-state index contributed by atoms with van der Waals surface area (Å²) in [5.41, 5.74) is 1.70. The summed E-state index contributed by atoms with van der Waals surface area (Å²) in [6.45, 7) is 3.69. The van der Waals surface area contributed by atoms with Crippen molar-refractivity contribution in [2.75, 3.05) is 31.1 Å². The van der Waals surface area contributed by atoms with Gasteiger partial charge in [0.1, 0.15) is 5.82 Å². The van der Waals surface area contributed by atoms with Crippen molar-refractivity contribution in [1.29, 1.82) is 0 Å². The summed E-state index contributed by atoms with van der Waals surface area (Å²) in [5.74, 6) is -1.19. The van der Waals surface area contributed by atoms with Gasteiger partial charge in [0.2, 0.25) is 0 Å². The Morgan fingerprint density at radius 1 is 1.00 bits per heavy atom. The molecule has 0 aliphatic carbocycles. The largest absolute Gasteiger partial charge is 0.478 e. The molecule has 160 valence electrons. The molecule has 0 spiro atoms. The van der Waals surface area contributed by atoms with Crippen molar-refractivity contribution in [3.8, 4) is 17.0 Å². The zero-order valence-corrected chi connectivity index (χ0v) is 16.9. The SMILES string of the molecule is CC(Oc1ccc(F)cc1F)C(=O)N1CCN(c2ccc(-c3ccncc3)nn2)CC1. The molecule has 1 aromatic carbocycles. The molecule has 4 rings (SSSR count). The third kappa shape index (κ3) is 4.76. The van der Waals surface area contributed by atoms with Crippen molar-refractivity contribution in [2.45, 2.75) is 13.0 Å². The number of ether oxygens (including phenoxy) is 1. The van der Waals surface area contributed by atoms with Crippen LogP contribution in [0.1, 0.15) is 6.92 Å². The fourth-order valence-corrected chi connectivity index (χ4v) is 3.40. The van der Waals surface area contributed by atoms with E-state index in [2.05, 4.69) is 20.1 Å². The molecule has 1 saturated heterocycles. The fourth-order valence-electron chi connectivity index (χ4n) is 3.40. The van der Waals surface area contributed by atoms with Gasteiger partial charge in [0.15, 0.2) is 23.5 Å². The first kappa shape index (κ1) is 20.6. The van der Waals surface area contributed by atoms with E-state index in [4.69, 9.17) is 4.74 Å². The average molecular weight is 425 g/mol. The second-order valence-corrected chi connectivity index (χ2v) is 7.16. The van der Waals surface area contributed by atoms with E-state index >= 15 is 0 Å². The van der Waals surface area contributed by atoms with E-state index in [0.717, 1.165) is 29.2 Å². The van der Waals surface area contributed by atoms with Crippen LogP contribution in [0.2, 0.25) is 0 Å². The molecule has 7 nitrogen and oxygen atoms in total. The quantitative estimate of drug-likeness (QED) is 0.626. The Morgan fingerprint density at radius 3 is 2.39 bits per heavy atom. The fraction of sp³-hybridized carbons (Fsp3) is 0.273. The molecule has 0 saturated carbocycles. The summed E-state index contributed by atoms with van der Waals surface area (Å²) in [6, 6.07) is 10.6. The molecule has 0 bridgehead atoms. The molecular weight excluding hydrogens is 404 g/mol. The summed E-state index contributed by atoms with van der Waals surface area (Å²) in [7, 11) is 0. The number of halogens is 2. The van der Waals surface area contributed by atoms with Crippen LogP contribution in [0.3, 0.4) is 0 Å². The predicted octanol–water partition coefficient (Wildman–Crippen LogP) is 2.93. The van der Waals surface area contributed by atoms with Crippen LogP contribution < -0.4 is 9.64 Å². The van der Waals surface area contributed by atoms with Gasteiger partial charge in [0, 0.05) is 50.2 Å². The van der Waals surface area contributed by atoms with Crippen LogP contribution in [0.25, 0.3) is 11.3 Å². The first-order valence-electron chi connectivity index (χ1n) is 9.91. The normalized spacial score (nSPS) is 14.9. The number of benzene rings is 1. The van der Waals surface area contributed by atoms with Crippen LogP contribution in [0, 0.1) is 11.6 Å². The molecule has 3 heterocycles. The molecule has 3 aromatic rings. The Hall–Kier alpha value is -3.62. The summed E-state index contributed by atoms with van der Waals surface area (Å²) >= 11 is 0. The first-order chi connectivity index (χ1) is 15.0. The van der Waals surface area contributed by atoms with E-state index in [9.17, 15) is 13.6 Å². The number of aromatic nitrogens is 3. The van der Waals surface area contributed by atoms with Crippen LogP contribution in [-0.2, 0) is 4.79 Å². The lowest BCUT2D eigenvalue weighted by Crippen LogP contribution is -2.52. The average Bonchev–Trinajstić information content (AvgIpc) is 2.81. The van der Waals surface area contributed by atoms with E-state index < -0.39 is 17.7 Å². The number of hydrogen-bond donors (Lipinski definition) is 0. The second-order valence-electron chi connectivity index (χ2n) is 7.16. The van der Waals surface area contributed by atoms with Gasteiger partial charge in [0.05, 0.1) is 5.69 Å². The van der Waals surface area contributed by atoms with Crippen molar-refractivity contribution in [2.24, 2.45) is 0 Å². The molecule has 31 heavy (non-hydrogen) atoms. The molecular formula is C22H21F2N5O2. The highest BCUT2D eigenvalue weighted by Crippen LogP contribution is 2.21. The maximum Gasteiger partial charge on any atom is 0.263 e. The smallest absolute Gasteiger partial charge is 0.263 e. The minimum absolute atomic E-state index is 0.148. The van der Waals surface area contributed by atoms with Crippen molar-refractivity contribution in [3.05, 3.63) is 66.5 Å². The number of piperazine rings is 1.